The summed E-state index contributed by atoms with van der Waals surface area (Å²) in [5, 5.41) is 26.4. The van der Waals surface area contributed by atoms with Crippen LogP contribution in [0, 0.1) is 5.92 Å². The van der Waals surface area contributed by atoms with E-state index in [1.54, 1.807) is 24.4 Å². The molecule has 1 aromatic carbocycles. The number of hydrogen-bond donors (Lipinski definition) is 3. The lowest BCUT2D eigenvalue weighted by Crippen LogP contribution is -2.78. The molecule has 194 valence electrons. The van der Waals surface area contributed by atoms with Crippen molar-refractivity contribution in [2.24, 2.45) is 5.92 Å². The van der Waals surface area contributed by atoms with E-state index in [4.69, 9.17) is 4.74 Å². The van der Waals surface area contributed by atoms with Crippen molar-refractivity contribution < 1.29 is 19.7 Å². The molecule has 0 radical (unpaired) electrons. The highest BCUT2D eigenvalue weighted by atomic mass is 79.9. The molecule has 10 heteroatoms. The van der Waals surface area contributed by atoms with E-state index in [1.165, 1.54) is 12.8 Å². The highest BCUT2D eigenvalue weighted by Gasteiger charge is 2.73. The van der Waals surface area contributed by atoms with Crippen LogP contribution in [0.1, 0.15) is 53.6 Å². The third-order valence-electron chi connectivity index (χ3n) is 9.07. The normalized spacial score (nSPS) is 33.4. The van der Waals surface area contributed by atoms with Gasteiger partial charge in [-0.2, -0.15) is 0 Å². The summed E-state index contributed by atoms with van der Waals surface area (Å²) in [4.78, 5) is 19.8. The van der Waals surface area contributed by atoms with Gasteiger partial charge in [-0.3, -0.25) is 9.69 Å². The van der Waals surface area contributed by atoms with Crippen LogP contribution in [-0.2, 0) is 11.8 Å². The Balaban J connectivity index is 0.00000133. The molecule has 3 aliphatic carbocycles. The number of phenols is 1. The minimum absolute atomic E-state index is 0. The Kier molecular flexibility index (Phi) is 6.52. The highest BCUT2D eigenvalue weighted by Crippen LogP contribution is 2.65. The topological polar surface area (TPSA) is 94.9 Å². The number of phenolic OH excluding ortho intramolecular Hbond substituents is 1. The molecule has 0 unspecified atom stereocenters. The van der Waals surface area contributed by atoms with Crippen molar-refractivity contribution in [1.29, 1.82) is 0 Å². The van der Waals surface area contributed by atoms with Crippen LogP contribution in [0.15, 0.2) is 35.1 Å². The molecule has 5 atom stereocenters. The van der Waals surface area contributed by atoms with Gasteiger partial charge in [0.25, 0.3) is 5.91 Å². The molecule has 1 amide bonds. The molecule has 2 saturated carbocycles. The van der Waals surface area contributed by atoms with Crippen LogP contribution >= 0.6 is 40.7 Å². The molecule has 2 aromatic rings. The van der Waals surface area contributed by atoms with Crippen LogP contribution in [0.3, 0.4) is 0 Å². The summed E-state index contributed by atoms with van der Waals surface area (Å²) in [6.45, 7) is 1.95. The molecule has 3 heterocycles. The molecule has 3 N–H and O–H groups in total. The second kappa shape index (κ2) is 9.02. The Hall–Kier alpha value is -1.58. The van der Waals surface area contributed by atoms with Gasteiger partial charge in [0, 0.05) is 29.9 Å². The summed E-state index contributed by atoms with van der Waals surface area (Å²) in [6.07, 6.45) is 6.49. The maximum absolute atomic E-state index is 13.2. The third kappa shape index (κ3) is 3.52. The van der Waals surface area contributed by atoms with Crippen LogP contribution in [0.2, 0.25) is 0 Å². The number of pyridine rings is 1. The van der Waals surface area contributed by atoms with Crippen LogP contribution in [0.25, 0.3) is 0 Å². The van der Waals surface area contributed by atoms with Gasteiger partial charge >= 0.3 is 0 Å². The van der Waals surface area contributed by atoms with Gasteiger partial charge in [0.05, 0.1) is 17.1 Å². The number of ether oxygens (including phenoxy) is 1. The number of nitrogens with one attached hydrogen (secondary N) is 1. The molecule has 1 spiro atoms. The van der Waals surface area contributed by atoms with E-state index in [0.29, 0.717) is 28.8 Å². The number of nitrogens with zero attached hydrogens (tertiary/aromatic N) is 2. The van der Waals surface area contributed by atoms with Crippen molar-refractivity contribution in [3.8, 4) is 11.5 Å². The zero-order valence-electron chi connectivity index (χ0n) is 19.7. The fourth-order valence-electron chi connectivity index (χ4n) is 7.42. The summed E-state index contributed by atoms with van der Waals surface area (Å²) in [7, 11) is 0. The SMILES string of the molecule is Cl.Cl.O=C(N[C@@H]1CC[C@@]2(O)[C@H]3Cc4ccc(O)c5c4[C@@]2(CCN3CC2CC2)[C@H]1O5)c1ccnc(Br)c1. The van der Waals surface area contributed by atoms with Crippen molar-refractivity contribution in [2.45, 2.75) is 67.7 Å². The number of carbonyl (C=O) groups is 1. The number of hydrogen-bond acceptors (Lipinski definition) is 6. The molecule has 2 bridgehead atoms. The highest BCUT2D eigenvalue weighted by molar-refractivity contribution is 9.10. The van der Waals surface area contributed by atoms with E-state index >= 15 is 0 Å². The van der Waals surface area contributed by atoms with Crippen LogP contribution in [0.4, 0.5) is 0 Å². The molecule has 5 aliphatic rings. The quantitative estimate of drug-likeness (QED) is 0.464. The summed E-state index contributed by atoms with van der Waals surface area (Å²) in [5.41, 5.74) is 1.09. The Morgan fingerprint density at radius 1 is 1.22 bits per heavy atom. The van der Waals surface area contributed by atoms with Gasteiger partial charge < -0.3 is 20.3 Å². The van der Waals surface area contributed by atoms with E-state index in [9.17, 15) is 15.0 Å². The lowest BCUT2D eigenvalue weighted by atomic mass is 9.48. The van der Waals surface area contributed by atoms with Gasteiger partial charge in [0.15, 0.2) is 11.5 Å². The summed E-state index contributed by atoms with van der Waals surface area (Å²) in [5.74, 6) is 1.19. The summed E-state index contributed by atoms with van der Waals surface area (Å²) >= 11 is 3.34. The number of likely N-dealkylation sites (tertiary alicyclic amines) is 1. The predicted octanol–water partition coefficient (Wildman–Crippen LogP) is 3.76. The molecular formula is C26H30BrCl2N3O4. The molecule has 3 fully saturated rings. The standard InChI is InChI=1S/C26H28BrN3O4.2ClH/c27-20-12-16(6-9-28-20)24(32)29-17-5-7-26(33)19-11-15-3-4-18(31)22-21(15)25(26,23(17)34-22)8-10-30(19)13-14-1-2-14;;/h3-4,6,9,12,14,17,19,23,31,33H,1-2,5,7-8,10-11,13H2,(H,29,32);2*1H/t17-,19-,23+,25+,26-;;/m1../s1. The number of carbonyl (C=O) groups excluding carboxylic acids is 1. The lowest BCUT2D eigenvalue weighted by molar-refractivity contribution is -0.191. The summed E-state index contributed by atoms with van der Waals surface area (Å²) in [6, 6.07) is 6.88. The molecule has 36 heavy (non-hydrogen) atoms. The Morgan fingerprint density at radius 3 is 2.78 bits per heavy atom. The zero-order valence-corrected chi connectivity index (χ0v) is 22.9. The lowest BCUT2D eigenvalue weighted by Gasteiger charge is -2.64. The fourth-order valence-corrected chi connectivity index (χ4v) is 7.79. The monoisotopic (exact) mass is 597 g/mol. The van der Waals surface area contributed by atoms with Crippen molar-refractivity contribution in [2.75, 3.05) is 13.1 Å². The summed E-state index contributed by atoms with van der Waals surface area (Å²) < 4.78 is 7.12. The number of rotatable bonds is 4. The van der Waals surface area contributed by atoms with Crippen LogP contribution in [0.5, 0.6) is 11.5 Å². The molecule has 1 aromatic heterocycles. The minimum atomic E-state index is -0.947. The first-order chi connectivity index (χ1) is 16.4. The average molecular weight is 599 g/mol. The second-order valence-corrected chi connectivity index (χ2v) is 11.6. The maximum Gasteiger partial charge on any atom is 0.251 e. The van der Waals surface area contributed by atoms with Crippen molar-refractivity contribution in [3.63, 3.8) is 0 Å². The first-order valence-corrected chi connectivity index (χ1v) is 13.1. The van der Waals surface area contributed by atoms with E-state index < -0.39 is 17.1 Å². The van der Waals surface area contributed by atoms with E-state index in [0.717, 1.165) is 43.0 Å². The smallest absolute Gasteiger partial charge is 0.251 e. The Morgan fingerprint density at radius 2 is 2.03 bits per heavy atom. The molecule has 7 rings (SSSR count). The van der Waals surface area contributed by atoms with Gasteiger partial charge in [-0.05, 0) is 90.7 Å². The van der Waals surface area contributed by atoms with E-state index in [-0.39, 0.29) is 48.6 Å². The second-order valence-electron chi connectivity index (χ2n) is 10.8. The molecule has 1 saturated heterocycles. The van der Waals surface area contributed by atoms with Gasteiger partial charge in [-0.15, -0.1) is 24.8 Å². The van der Waals surface area contributed by atoms with Crippen molar-refractivity contribution in [1.82, 2.24) is 15.2 Å². The number of benzene rings is 1. The van der Waals surface area contributed by atoms with Crippen LogP contribution < -0.4 is 10.1 Å². The number of aliphatic hydroxyl groups is 1. The van der Waals surface area contributed by atoms with Gasteiger partial charge in [-0.1, -0.05) is 6.07 Å². The van der Waals surface area contributed by atoms with Crippen molar-refractivity contribution >= 4 is 46.7 Å². The fraction of sp³-hybridized carbons (Fsp3) is 0.538. The van der Waals surface area contributed by atoms with E-state index in [1.807, 2.05) is 6.07 Å². The predicted molar refractivity (Wildman–Crippen MR) is 142 cm³/mol. The number of halogens is 3. The average Bonchev–Trinajstić information content (AvgIpc) is 3.56. The third-order valence-corrected chi connectivity index (χ3v) is 9.50. The molecule has 7 nitrogen and oxygen atoms in total. The number of amides is 1. The Bertz CT molecular complexity index is 1210. The van der Waals surface area contributed by atoms with Gasteiger partial charge in [0.1, 0.15) is 10.7 Å². The van der Waals surface area contributed by atoms with Crippen molar-refractivity contribution in [3.05, 3.63) is 51.8 Å². The largest absolute Gasteiger partial charge is 0.504 e. The minimum Gasteiger partial charge on any atom is -0.504 e. The Labute approximate surface area is 231 Å². The first kappa shape index (κ1) is 26.0. The van der Waals surface area contributed by atoms with E-state index in [2.05, 4.69) is 31.1 Å². The molecular weight excluding hydrogens is 569 g/mol. The number of aromatic nitrogens is 1. The molecule has 2 aliphatic heterocycles. The van der Waals surface area contributed by atoms with Crippen LogP contribution in [-0.4, -0.2) is 62.9 Å². The van der Waals surface area contributed by atoms with Gasteiger partial charge in [-0.25, -0.2) is 4.98 Å². The van der Waals surface area contributed by atoms with Gasteiger partial charge in [0.2, 0.25) is 0 Å². The first-order valence-electron chi connectivity index (χ1n) is 12.3. The zero-order chi connectivity index (χ0) is 23.2. The number of aromatic hydroxyl groups is 1. The maximum atomic E-state index is 13.2. The number of piperidine rings is 1.